The number of nitrogens with zero attached hydrogens (tertiary/aromatic N) is 3. The van der Waals surface area contributed by atoms with Gasteiger partial charge in [0.2, 0.25) is 0 Å². The Balaban J connectivity index is 2.11. The summed E-state index contributed by atoms with van der Waals surface area (Å²) >= 11 is 0. The van der Waals surface area contributed by atoms with Gasteiger partial charge in [-0.15, -0.1) is 0 Å². The molecule has 0 atom stereocenters. The van der Waals surface area contributed by atoms with Crippen LogP contribution in [0.1, 0.15) is 11.1 Å². The number of benzene rings is 1. The van der Waals surface area contributed by atoms with Crippen molar-refractivity contribution < 1.29 is 4.39 Å². The molecule has 0 unspecified atom stereocenters. The van der Waals surface area contributed by atoms with E-state index in [1.165, 1.54) is 5.56 Å². The lowest BCUT2D eigenvalue weighted by atomic mass is 10.1. The fourth-order valence-electron chi connectivity index (χ4n) is 2.11. The molecule has 3 aromatic rings. The van der Waals surface area contributed by atoms with Gasteiger partial charge in [0.15, 0.2) is 5.65 Å². The number of alkyl halides is 1. The molecule has 0 amide bonds. The Bertz CT molecular complexity index is 701. The summed E-state index contributed by atoms with van der Waals surface area (Å²) in [4.78, 5) is 4.56. The number of fused-ring (bicyclic) bond motifs is 1. The standard InChI is InChI=1S/C15H14FN3/c1-11-2-4-12(5-3-11)14-10-19-15(18-14)13(6-8-16)7-9-17-19/h2-5,7,9-10H,6,8H2,1H3. The molecular weight excluding hydrogens is 241 g/mol. The largest absolute Gasteiger partial charge is 0.251 e. The third-order valence-electron chi connectivity index (χ3n) is 3.15. The molecule has 19 heavy (non-hydrogen) atoms. The van der Waals surface area contributed by atoms with Crippen LogP contribution in [-0.2, 0) is 6.42 Å². The molecule has 2 heterocycles. The average molecular weight is 255 g/mol. The van der Waals surface area contributed by atoms with Crippen molar-refractivity contribution in [2.75, 3.05) is 6.67 Å². The van der Waals surface area contributed by atoms with Crippen molar-refractivity contribution in [1.82, 2.24) is 14.6 Å². The second-order valence-electron chi connectivity index (χ2n) is 4.56. The molecule has 0 aliphatic carbocycles. The molecule has 0 saturated carbocycles. The maximum atomic E-state index is 12.5. The lowest BCUT2D eigenvalue weighted by Gasteiger charge is -1.98. The molecule has 0 N–H and O–H groups in total. The zero-order valence-corrected chi connectivity index (χ0v) is 10.7. The number of hydrogen-bond donors (Lipinski definition) is 0. The lowest BCUT2D eigenvalue weighted by molar-refractivity contribution is 0.495. The molecule has 3 nitrogen and oxygen atoms in total. The molecule has 0 bridgehead atoms. The van der Waals surface area contributed by atoms with Crippen molar-refractivity contribution in [2.45, 2.75) is 13.3 Å². The molecule has 0 saturated heterocycles. The van der Waals surface area contributed by atoms with E-state index in [4.69, 9.17) is 0 Å². The van der Waals surface area contributed by atoms with Crippen LogP contribution in [0, 0.1) is 6.92 Å². The summed E-state index contributed by atoms with van der Waals surface area (Å²) < 4.78 is 14.2. The van der Waals surface area contributed by atoms with E-state index in [9.17, 15) is 4.39 Å². The molecule has 4 heteroatoms. The molecule has 0 aliphatic rings. The van der Waals surface area contributed by atoms with Crippen LogP contribution < -0.4 is 0 Å². The molecule has 0 spiro atoms. The normalized spacial score (nSPS) is 11.1. The summed E-state index contributed by atoms with van der Waals surface area (Å²) in [6.07, 6.45) is 3.93. The average Bonchev–Trinajstić information content (AvgIpc) is 2.85. The molecule has 3 rings (SSSR count). The summed E-state index contributed by atoms with van der Waals surface area (Å²) in [6.45, 7) is 1.67. The van der Waals surface area contributed by atoms with Crippen molar-refractivity contribution in [3.8, 4) is 11.3 Å². The number of rotatable bonds is 3. The molecule has 0 radical (unpaired) electrons. The van der Waals surface area contributed by atoms with E-state index < -0.39 is 0 Å². The van der Waals surface area contributed by atoms with Crippen molar-refractivity contribution in [3.05, 3.63) is 53.9 Å². The first-order valence-corrected chi connectivity index (χ1v) is 6.24. The Kier molecular flexibility index (Phi) is 2.99. The maximum absolute atomic E-state index is 12.5. The summed E-state index contributed by atoms with van der Waals surface area (Å²) in [5.74, 6) is 0. The fourth-order valence-corrected chi connectivity index (χ4v) is 2.11. The Labute approximate surface area is 110 Å². The lowest BCUT2D eigenvalue weighted by Crippen LogP contribution is -1.96. The predicted octanol–water partition coefficient (Wildman–Crippen LogP) is 3.22. The molecule has 1 aromatic carbocycles. The minimum Gasteiger partial charge on any atom is -0.251 e. The highest BCUT2D eigenvalue weighted by molar-refractivity contribution is 5.64. The highest BCUT2D eigenvalue weighted by atomic mass is 19.1. The smallest absolute Gasteiger partial charge is 0.157 e. The second kappa shape index (κ2) is 4.80. The van der Waals surface area contributed by atoms with Crippen LogP contribution in [0.3, 0.4) is 0 Å². The Morgan fingerprint density at radius 3 is 2.68 bits per heavy atom. The Morgan fingerprint density at radius 2 is 1.95 bits per heavy atom. The van der Waals surface area contributed by atoms with E-state index in [1.807, 2.05) is 31.3 Å². The number of imidazole rings is 1. The highest BCUT2D eigenvalue weighted by Gasteiger charge is 2.08. The zero-order valence-electron chi connectivity index (χ0n) is 10.7. The number of hydrogen-bond acceptors (Lipinski definition) is 2. The van der Waals surface area contributed by atoms with Gasteiger partial charge >= 0.3 is 0 Å². The maximum Gasteiger partial charge on any atom is 0.157 e. The van der Waals surface area contributed by atoms with Gasteiger partial charge in [0.05, 0.1) is 18.6 Å². The van der Waals surface area contributed by atoms with Crippen molar-refractivity contribution in [2.24, 2.45) is 0 Å². The van der Waals surface area contributed by atoms with Gasteiger partial charge < -0.3 is 0 Å². The molecule has 2 aromatic heterocycles. The topological polar surface area (TPSA) is 30.2 Å². The zero-order chi connectivity index (χ0) is 13.2. The second-order valence-corrected chi connectivity index (χ2v) is 4.56. The SMILES string of the molecule is Cc1ccc(-c2cn3nccc(CCF)c3n2)cc1. The van der Waals surface area contributed by atoms with Crippen LogP contribution in [0.5, 0.6) is 0 Å². The van der Waals surface area contributed by atoms with Crippen LogP contribution in [-0.4, -0.2) is 21.3 Å². The molecule has 0 aliphatic heterocycles. The minimum atomic E-state index is -0.383. The first-order valence-electron chi connectivity index (χ1n) is 6.24. The monoisotopic (exact) mass is 255 g/mol. The fraction of sp³-hybridized carbons (Fsp3) is 0.200. The molecule has 96 valence electrons. The highest BCUT2D eigenvalue weighted by Crippen LogP contribution is 2.20. The first kappa shape index (κ1) is 11.8. The van der Waals surface area contributed by atoms with Crippen molar-refractivity contribution in [3.63, 3.8) is 0 Å². The number of aromatic nitrogens is 3. The van der Waals surface area contributed by atoms with Crippen molar-refractivity contribution >= 4 is 5.65 Å². The van der Waals surface area contributed by atoms with Gasteiger partial charge in [0.25, 0.3) is 0 Å². The quantitative estimate of drug-likeness (QED) is 0.719. The summed E-state index contributed by atoms with van der Waals surface area (Å²) in [6, 6.07) is 9.99. The molecular formula is C15H14FN3. The summed E-state index contributed by atoms with van der Waals surface area (Å²) in [5.41, 5.74) is 4.73. The number of aryl methyl sites for hydroxylation is 2. The molecule has 0 fully saturated rings. The Hall–Kier alpha value is -2.23. The first-order chi connectivity index (χ1) is 9.28. The van der Waals surface area contributed by atoms with Crippen LogP contribution in [0.4, 0.5) is 4.39 Å². The van der Waals surface area contributed by atoms with Crippen LogP contribution in [0.25, 0.3) is 16.9 Å². The van der Waals surface area contributed by atoms with Gasteiger partial charge in [-0.25, -0.2) is 9.50 Å². The van der Waals surface area contributed by atoms with Crippen LogP contribution in [0.2, 0.25) is 0 Å². The van der Waals surface area contributed by atoms with Crippen LogP contribution in [0.15, 0.2) is 42.7 Å². The summed E-state index contributed by atoms with van der Waals surface area (Å²) in [7, 11) is 0. The third-order valence-corrected chi connectivity index (χ3v) is 3.15. The van der Waals surface area contributed by atoms with Gasteiger partial charge in [-0.05, 0) is 13.0 Å². The van der Waals surface area contributed by atoms with Crippen molar-refractivity contribution in [1.29, 1.82) is 0 Å². The van der Waals surface area contributed by atoms with Gasteiger partial charge in [-0.3, -0.25) is 4.39 Å². The predicted molar refractivity (Wildman–Crippen MR) is 72.8 cm³/mol. The van der Waals surface area contributed by atoms with E-state index >= 15 is 0 Å². The van der Waals surface area contributed by atoms with Gasteiger partial charge in [0.1, 0.15) is 0 Å². The van der Waals surface area contributed by atoms with E-state index in [2.05, 4.69) is 22.2 Å². The Morgan fingerprint density at radius 1 is 1.16 bits per heavy atom. The summed E-state index contributed by atoms with van der Waals surface area (Å²) in [5, 5.41) is 4.22. The van der Waals surface area contributed by atoms with E-state index in [1.54, 1.807) is 10.7 Å². The van der Waals surface area contributed by atoms with E-state index in [0.29, 0.717) is 6.42 Å². The third kappa shape index (κ3) is 2.21. The minimum absolute atomic E-state index is 0.371. The van der Waals surface area contributed by atoms with Gasteiger partial charge in [-0.2, -0.15) is 5.10 Å². The van der Waals surface area contributed by atoms with Crippen LogP contribution >= 0.6 is 0 Å². The van der Waals surface area contributed by atoms with E-state index in [-0.39, 0.29) is 6.67 Å². The van der Waals surface area contributed by atoms with Gasteiger partial charge in [0, 0.05) is 23.7 Å². The van der Waals surface area contributed by atoms with Gasteiger partial charge in [-0.1, -0.05) is 29.8 Å². The number of halogens is 1. The van der Waals surface area contributed by atoms with E-state index in [0.717, 1.165) is 22.5 Å².